The molecule has 0 saturated heterocycles. The molecule has 0 aliphatic carbocycles. The van der Waals surface area contributed by atoms with Gasteiger partial charge in [0.1, 0.15) is 17.3 Å². The Morgan fingerprint density at radius 2 is 1.57 bits per heavy atom. The maximum absolute atomic E-state index is 13.5. The van der Waals surface area contributed by atoms with Gasteiger partial charge in [0.05, 0.1) is 0 Å². The van der Waals surface area contributed by atoms with E-state index in [-0.39, 0.29) is 17.8 Å². The lowest BCUT2D eigenvalue weighted by molar-refractivity contribution is 0.459. The van der Waals surface area contributed by atoms with E-state index in [2.05, 4.69) is 20.6 Å². The number of hydrogen-bond acceptors (Lipinski definition) is 5. The number of aromatic nitrogens is 2. The fourth-order valence-corrected chi connectivity index (χ4v) is 1.61. The molecule has 0 amide bonds. The smallest absolute Gasteiger partial charge is 0.223 e. The number of benzene rings is 1. The minimum Gasteiger partial charge on any atom is -0.370 e. The summed E-state index contributed by atoms with van der Waals surface area (Å²) >= 11 is 0. The SMILES string of the molecule is CCNc1cc(Nc2c(F)c(F)cc(F)c2F)nc(N)n1. The molecular formula is C12H11F4N5. The molecule has 0 saturated carbocycles. The van der Waals surface area contributed by atoms with E-state index in [9.17, 15) is 17.6 Å². The second kappa shape index (κ2) is 5.81. The van der Waals surface area contributed by atoms with Crippen LogP contribution in [0.1, 0.15) is 6.92 Å². The van der Waals surface area contributed by atoms with E-state index in [0.29, 0.717) is 12.4 Å². The molecule has 0 aliphatic rings. The number of halogens is 4. The summed E-state index contributed by atoms with van der Waals surface area (Å²) in [5, 5.41) is 4.98. The van der Waals surface area contributed by atoms with Crippen LogP contribution in [0, 0.1) is 23.3 Å². The summed E-state index contributed by atoms with van der Waals surface area (Å²) < 4.78 is 53.3. The highest BCUT2D eigenvalue weighted by atomic mass is 19.2. The molecule has 2 aromatic rings. The summed E-state index contributed by atoms with van der Waals surface area (Å²) in [7, 11) is 0. The van der Waals surface area contributed by atoms with Crippen molar-refractivity contribution in [2.75, 3.05) is 22.9 Å². The first-order chi connectivity index (χ1) is 9.92. The van der Waals surface area contributed by atoms with Gasteiger partial charge >= 0.3 is 0 Å². The Bertz CT molecular complexity index is 651. The second-order valence-electron chi connectivity index (χ2n) is 4.00. The largest absolute Gasteiger partial charge is 0.370 e. The molecule has 0 aliphatic heterocycles. The molecule has 0 bridgehead atoms. The monoisotopic (exact) mass is 301 g/mol. The predicted octanol–water partition coefficient (Wildman–Crippen LogP) is 2.79. The highest BCUT2D eigenvalue weighted by Gasteiger charge is 2.19. The van der Waals surface area contributed by atoms with Crippen LogP contribution in [-0.2, 0) is 0 Å². The summed E-state index contributed by atoms with van der Waals surface area (Å²) in [5.41, 5.74) is 4.45. The standard InChI is InChI=1S/C12H11F4N5/c1-2-18-7-4-8(21-12(17)20-7)19-11-9(15)5(13)3-6(14)10(11)16/h3-4H,2H2,1H3,(H4,17,18,19,20,21). The van der Waals surface area contributed by atoms with Gasteiger partial charge in [-0.1, -0.05) is 0 Å². The van der Waals surface area contributed by atoms with Crippen LogP contribution in [0.2, 0.25) is 0 Å². The Morgan fingerprint density at radius 1 is 1.00 bits per heavy atom. The lowest BCUT2D eigenvalue weighted by Gasteiger charge is -2.11. The summed E-state index contributed by atoms with van der Waals surface area (Å²) in [6.07, 6.45) is 0. The second-order valence-corrected chi connectivity index (χ2v) is 4.00. The van der Waals surface area contributed by atoms with Crippen molar-refractivity contribution in [2.24, 2.45) is 0 Å². The van der Waals surface area contributed by atoms with Crippen LogP contribution in [-0.4, -0.2) is 16.5 Å². The van der Waals surface area contributed by atoms with Crippen molar-refractivity contribution in [3.05, 3.63) is 35.4 Å². The zero-order valence-electron chi connectivity index (χ0n) is 10.8. The number of hydrogen-bond donors (Lipinski definition) is 3. The molecule has 1 aromatic carbocycles. The molecule has 112 valence electrons. The van der Waals surface area contributed by atoms with Crippen LogP contribution >= 0.6 is 0 Å². The average molecular weight is 301 g/mol. The van der Waals surface area contributed by atoms with Gasteiger partial charge in [0.15, 0.2) is 23.3 Å². The van der Waals surface area contributed by atoms with Crippen LogP contribution in [0.4, 0.5) is 40.8 Å². The first-order valence-electron chi connectivity index (χ1n) is 5.90. The molecule has 1 aromatic heterocycles. The lowest BCUT2D eigenvalue weighted by atomic mass is 10.2. The molecule has 21 heavy (non-hydrogen) atoms. The molecule has 2 rings (SSSR count). The number of nitrogens with two attached hydrogens (primary N) is 1. The highest BCUT2D eigenvalue weighted by molar-refractivity contribution is 5.62. The van der Waals surface area contributed by atoms with Crippen molar-refractivity contribution in [2.45, 2.75) is 6.92 Å². The summed E-state index contributed by atoms with van der Waals surface area (Å²) in [5.74, 6) is -6.15. The van der Waals surface area contributed by atoms with Crippen molar-refractivity contribution in [1.29, 1.82) is 0 Å². The van der Waals surface area contributed by atoms with Crippen LogP contribution in [0.5, 0.6) is 0 Å². The maximum Gasteiger partial charge on any atom is 0.223 e. The van der Waals surface area contributed by atoms with Crippen molar-refractivity contribution in [1.82, 2.24) is 9.97 Å². The van der Waals surface area contributed by atoms with Crippen LogP contribution in [0.3, 0.4) is 0 Å². The fraction of sp³-hybridized carbons (Fsp3) is 0.167. The minimum atomic E-state index is -1.56. The number of nitrogens with one attached hydrogen (secondary N) is 2. The summed E-state index contributed by atoms with van der Waals surface area (Å²) in [6, 6.07) is 1.41. The lowest BCUT2D eigenvalue weighted by Crippen LogP contribution is -2.08. The number of rotatable bonds is 4. The van der Waals surface area contributed by atoms with E-state index in [1.54, 1.807) is 6.92 Å². The Labute approximate surface area is 117 Å². The van der Waals surface area contributed by atoms with Crippen LogP contribution in [0.15, 0.2) is 12.1 Å². The molecule has 1 heterocycles. The van der Waals surface area contributed by atoms with Crippen molar-refractivity contribution >= 4 is 23.3 Å². The third-order valence-corrected chi connectivity index (χ3v) is 2.47. The average Bonchev–Trinajstić information content (AvgIpc) is 2.41. The van der Waals surface area contributed by atoms with E-state index in [0.717, 1.165) is 0 Å². The van der Waals surface area contributed by atoms with Gasteiger partial charge in [-0.25, -0.2) is 17.6 Å². The molecule has 0 atom stereocenters. The molecule has 4 N–H and O–H groups in total. The van der Waals surface area contributed by atoms with E-state index in [4.69, 9.17) is 5.73 Å². The molecule has 0 spiro atoms. The van der Waals surface area contributed by atoms with E-state index >= 15 is 0 Å². The first-order valence-corrected chi connectivity index (χ1v) is 5.90. The van der Waals surface area contributed by atoms with Crippen molar-refractivity contribution in [3.63, 3.8) is 0 Å². The normalized spacial score (nSPS) is 10.5. The molecular weight excluding hydrogens is 290 g/mol. The van der Waals surface area contributed by atoms with E-state index in [1.165, 1.54) is 6.07 Å². The van der Waals surface area contributed by atoms with Gasteiger partial charge < -0.3 is 16.4 Å². The number of nitrogen functional groups attached to an aromatic ring is 1. The topological polar surface area (TPSA) is 75.9 Å². The zero-order chi connectivity index (χ0) is 15.6. The van der Waals surface area contributed by atoms with Crippen molar-refractivity contribution < 1.29 is 17.6 Å². The van der Waals surface area contributed by atoms with Gasteiger partial charge in [0.2, 0.25) is 5.95 Å². The van der Waals surface area contributed by atoms with Gasteiger partial charge in [0, 0.05) is 18.7 Å². The molecule has 9 heteroatoms. The molecule has 0 unspecified atom stereocenters. The van der Waals surface area contributed by atoms with Crippen LogP contribution in [0.25, 0.3) is 0 Å². The van der Waals surface area contributed by atoms with Gasteiger partial charge in [0.25, 0.3) is 0 Å². The predicted molar refractivity (Wildman–Crippen MR) is 70.2 cm³/mol. The Kier molecular flexibility index (Phi) is 4.10. The summed E-state index contributed by atoms with van der Waals surface area (Å²) in [4.78, 5) is 7.52. The minimum absolute atomic E-state index is 0.110. The third-order valence-electron chi connectivity index (χ3n) is 2.47. The quantitative estimate of drug-likeness (QED) is 0.598. The van der Waals surface area contributed by atoms with E-state index in [1.807, 2.05) is 0 Å². The first kappa shape index (κ1) is 14.8. The molecule has 0 radical (unpaired) electrons. The van der Waals surface area contributed by atoms with Gasteiger partial charge in [-0.15, -0.1) is 0 Å². The number of anilines is 4. The maximum atomic E-state index is 13.5. The van der Waals surface area contributed by atoms with Gasteiger partial charge in [-0.2, -0.15) is 9.97 Å². The molecule has 0 fully saturated rings. The third kappa shape index (κ3) is 3.12. The van der Waals surface area contributed by atoms with E-state index < -0.39 is 29.0 Å². The van der Waals surface area contributed by atoms with Gasteiger partial charge in [-0.05, 0) is 6.92 Å². The number of nitrogens with zero attached hydrogens (tertiary/aromatic N) is 2. The Morgan fingerprint density at radius 3 is 2.14 bits per heavy atom. The summed E-state index contributed by atoms with van der Waals surface area (Å²) in [6.45, 7) is 2.32. The Balaban J connectivity index is 2.43. The van der Waals surface area contributed by atoms with Gasteiger partial charge in [-0.3, -0.25) is 0 Å². The molecule has 5 nitrogen and oxygen atoms in total. The highest BCUT2D eigenvalue weighted by Crippen LogP contribution is 2.27. The van der Waals surface area contributed by atoms with Crippen molar-refractivity contribution in [3.8, 4) is 0 Å². The van der Waals surface area contributed by atoms with Crippen LogP contribution < -0.4 is 16.4 Å². The zero-order valence-corrected chi connectivity index (χ0v) is 10.8. The fourth-order valence-electron chi connectivity index (χ4n) is 1.61. The Hall–Kier alpha value is -2.58.